The molecule has 20 heavy (non-hydrogen) atoms. The number of hydrogen-bond acceptors (Lipinski definition) is 2. The summed E-state index contributed by atoms with van der Waals surface area (Å²) in [7, 11) is 0. The van der Waals surface area contributed by atoms with Crippen LogP contribution in [0.25, 0.3) is 0 Å². The molecule has 5 heteroatoms. The van der Waals surface area contributed by atoms with Gasteiger partial charge in [-0.25, -0.2) is 0 Å². The molecule has 0 fully saturated rings. The standard InChI is InChI=1S/C15H15Cl2IN2/c1-9-2-3-10(12(16)6-9)8-15(20-19)11-4-5-14(18)13(17)7-11/h2-7,15,20H,8,19H2,1H3. The van der Waals surface area contributed by atoms with E-state index >= 15 is 0 Å². The Morgan fingerprint density at radius 1 is 1.15 bits per heavy atom. The second-order valence-corrected chi connectivity index (χ2v) is 6.67. The van der Waals surface area contributed by atoms with Crippen LogP contribution >= 0.6 is 45.8 Å². The summed E-state index contributed by atoms with van der Waals surface area (Å²) in [5.74, 6) is 5.68. The molecule has 1 atom stereocenters. The van der Waals surface area contributed by atoms with Crippen LogP contribution in [0.1, 0.15) is 22.7 Å². The summed E-state index contributed by atoms with van der Waals surface area (Å²) in [4.78, 5) is 0. The molecule has 0 bridgehead atoms. The highest BCUT2D eigenvalue weighted by atomic mass is 127. The van der Waals surface area contributed by atoms with Gasteiger partial charge in [0.15, 0.2) is 0 Å². The molecule has 0 saturated carbocycles. The first-order valence-electron chi connectivity index (χ1n) is 6.17. The minimum Gasteiger partial charge on any atom is -0.271 e. The van der Waals surface area contributed by atoms with E-state index in [0.717, 1.165) is 30.3 Å². The van der Waals surface area contributed by atoms with Gasteiger partial charge in [-0.2, -0.15) is 0 Å². The van der Waals surface area contributed by atoms with Crippen molar-refractivity contribution in [2.24, 2.45) is 5.84 Å². The number of hydrazine groups is 1. The second-order valence-electron chi connectivity index (χ2n) is 4.69. The van der Waals surface area contributed by atoms with Crippen molar-refractivity contribution in [2.75, 3.05) is 0 Å². The molecule has 0 aliphatic heterocycles. The summed E-state index contributed by atoms with van der Waals surface area (Å²) >= 11 is 14.7. The normalized spacial score (nSPS) is 12.4. The predicted molar refractivity (Wildman–Crippen MR) is 94.1 cm³/mol. The number of halogens is 3. The SMILES string of the molecule is Cc1ccc(CC(NN)c2ccc(I)c(Cl)c2)c(Cl)c1. The van der Waals surface area contributed by atoms with Crippen LogP contribution in [0.3, 0.4) is 0 Å². The van der Waals surface area contributed by atoms with E-state index in [1.807, 2.05) is 37.3 Å². The van der Waals surface area contributed by atoms with Gasteiger partial charge in [0.05, 0.1) is 11.1 Å². The molecule has 0 aromatic heterocycles. The molecular formula is C15H15Cl2IN2. The molecule has 2 nitrogen and oxygen atoms in total. The molecule has 0 amide bonds. The maximum atomic E-state index is 6.28. The van der Waals surface area contributed by atoms with E-state index in [0.29, 0.717) is 6.42 Å². The Morgan fingerprint density at radius 2 is 1.90 bits per heavy atom. The van der Waals surface area contributed by atoms with Gasteiger partial charge < -0.3 is 0 Å². The third-order valence-corrected chi connectivity index (χ3v) is 5.10. The van der Waals surface area contributed by atoms with Gasteiger partial charge >= 0.3 is 0 Å². The Hall–Kier alpha value is -0.330. The summed E-state index contributed by atoms with van der Waals surface area (Å²) in [6.45, 7) is 2.02. The van der Waals surface area contributed by atoms with Crippen LogP contribution in [-0.2, 0) is 6.42 Å². The van der Waals surface area contributed by atoms with E-state index in [2.05, 4.69) is 34.1 Å². The van der Waals surface area contributed by atoms with Crippen LogP contribution in [0.5, 0.6) is 0 Å². The van der Waals surface area contributed by atoms with Crippen molar-refractivity contribution < 1.29 is 0 Å². The molecule has 0 aliphatic rings. The Balaban J connectivity index is 2.26. The van der Waals surface area contributed by atoms with Crippen LogP contribution in [-0.4, -0.2) is 0 Å². The Bertz CT molecular complexity index is 617. The third kappa shape index (κ3) is 3.86. The van der Waals surface area contributed by atoms with Crippen molar-refractivity contribution in [2.45, 2.75) is 19.4 Å². The summed E-state index contributed by atoms with van der Waals surface area (Å²) < 4.78 is 1.03. The van der Waals surface area contributed by atoms with E-state index in [1.165, 1.54) is 0 Å². The number of rotatable bonds is 4. The van der Waals surface area contributed by atoms with Gasteiger partial charge in [0, 0.05) is 8.59 Å². The van der Waals surface area contributed by atoms with Gasteiger partial charge in [-0.1, -0.05) is 41.4 Å². The van der Waals surface area contributed by atoms with Crippen molar-refractivity contribution in [3.63, 3.8) is 0 Å². The minimum atomic E-state index is -0.0234. The molecule has 0 spiro atoms. The molecule has 0 heterocycles. The molecule has 0 saturated heterocycles. The molecule has 2 aromatic rings. The third-order valence-electron chi connectivity index (χ3n) is 3.18. The lowest BCUT2D eigenvalue weighted by Crippen LogP contribution is -2.29. The lowest BCUT2D eigenvalue weighted by molar-refractivity contribution is 0.552. The summed E-state index contributed by atoms with van der Waals surface area (Å²) in [5.41, 5.74) is 6.10. The Kier molecular flexibility index (Phi) is 5.69. The van der Waals surface area contributed by atoms with Crippen LogP contribution in [0.2, 0.25) is 10.0 Å². The van der Waals surface area contributed by atoms with Crippen molar-refractivity contribution in [1.82, 2.24) is 5.43 Å². The van der Waals surface area contributed by atoms with E-state index in [1.54, 1.807) is 0 Å². The fourth-order valence-electron chi connectivity index (χ4n) is 2.04. The maximum absolute atomic E-state index is 6.28. The highest BCUT2D eigenvalue weighted by Crippen LogP contribution is 2.27. The van der Waals surface area contributed by atoms with Crippen LogP contribution in [0, 0.1) is 10.5 Å². The highest BCUT2D eigenvalue weighted by molar-refractivity contribution is 14.1. The lowest BCUT2D eigenvalue weighted by Gasteiger charge is -2.18. The number of benzene rings is 2. The number of aryl methyl sites for hydroxylation is 1. The van der Waals surface area contributed by atoms with Crippen LogP contribution in [0.4, 0.5) is 0 Å². The molecule has 2 rings (SSSR count). The summed E-state index contributed by atoms with van der Waals surface area (Å²) in [6.07, 6.45) is 0.715. The molecule has 3 N–H and O–H groups in total. The largest absolute Gasteiger partial charge is 0.271 e. The van der Waals surface area contributed by atoms with Crippen molar-refractivity contribution >= 4 is 45.8 Å². The van der Waals surface area contributed by atoms with Gasteiger partial charge in [-0.05, 0) is 70.8 Å². The fraction of sp³-hybridized carbons (Fsp3) is 0.200. The molecule has 0 aliphatic carbocycles. The summed E-state index contributed by atoms with van der Waals surface area (Å²) in [6, 6.07) is 12.0. The highest BCUT2D eigenvalue weighted by Gasteiger charge is 2.14. The number of nitrogens with one attached hydrogen (secondary N) is 1. The average molecular weight is 421 g/mol. The fourth-order valence-corrected chi connectivity index (χ4v) is 2.88. The molecular weight excluding hydrogens is 406 g/mol. The molecule has 1 unspecified atom stereocenters. The molecule has 0 radical (unpaired) electrons. The molecule has 2 aromatic carbocycles. The summed E-state index contributed by atoms with van der Waals surface area (Å²) in [5, 5.41) is 1.50. The van der Waals surface area contributed by atoms with Gasteiger partial charge in [0.2, 0.25) is 0 Å². The quantitative estimate of drug-likeness (QED) is 0.429. The molecule has 106 valence electrons. The van der Waals surface area contributed by atoms with E-state index in [4.69, 9.17) is 29.0 Å². The van der Waals surface area contributed by atoms with Crippen molar-refractivity contribution in [3.05, 3.63) is 66.7 Å². The van der Waals surface area contributed by atoms with E-state index in [9.17, 15) is 0 Å². The zero-order chi connectivity index (χ0) is 14.7. The van der Waals surface area contributed by atoms with E-state index < -0.39 is 0 Å². The number of nitrogens with two attached hydrogens (primary N) is 1. The monoisotopic (exact) mass is 420 g/mol. The van der Waals surface area contributed by atoms with Gasteiger partial charge in [-0.15, -0.1) is 0 Å². The topological polar surface area (TPSA) is 38.0 Å². The van der Waals surface area contributed by atoms with Crippen LogP contribution in [0.15, 0.2) is 36.4 Å². The smallest absolute Gasteiger partial charge is 0.0542 e. The average Bonchev–Trinajstić information content (AvgIpc) is 2.41. The van der Waals surface area contributed by atoms with Crippen LogP contribution < -0.4 is 11.3 Å². The predicted octanol–water partition coefficient (Wildman–Crippen LogP) is 4.65. The first kappa shape index (κ1) is 16.0. The van der Waals surface area contributed by atoms with Crippen molar-refractivity contribution in [1.29, 1.82) is 0 Å². The van der Waals surface area contributed by atoms with Gasteiger partial charge in [0.25, 0.3) is 0 Å². The maximum Gasteiger partial charge on any atom is 0.0542 e. The van der Waals surface area contributed by atoms with E-state index in [-0.39, 0.29) is 6.04 Å². The minimum absolute atomic E-state index is 0.0234. The Morgan fingerprint density at radius 3 is 2.50 bits per heavy atom. The number of hydrogen-bond donors (Lipinski definition) is 2. The lowest BCUT2D eigenvalue weighted by atomic mass is 9.99. The Labute approximate surface area is 142 Å². The van der Waals surface area contributed by atoms with Gasteiger partial charge in [0.1, 0.15) is 0 Å². The van der Waals surface area contributed by atoms with Gasteiger partial charge in [-0.3, -0.25) is 11.3 Å². The first-order chi connectivity index (χ1) is 9.51. The zero-order valence-electron chi connectivity index (χ0n) is 11.0. The van der Waals surface area contributed by atoms with Crippen molar-refractivity contribution in [3.8, 4) is 0 Å². The zero-order valence-corrected chi connectivity index (χ0v) is 14.6. The first-order valence-corrected chi connectivity index (χ1v) is 8.01. The second kappa shape index (κ2) is 7.09.